The summed E-state index contributed by atoms with van der Waals surface area (Å²) in [6.07, 6.45) is 11.2. The first-order valence-electron chi connectivity index (χ1n) is 15.3. The van der Waals surface area contributed by atoms with Crippen molar-refractivity contribution in [1.29, 1.82) is 0 Å². The Morgan fingerprint density at radius 1 is 0.976 bits per heavy atom. The molecule has 0 aliphatic heterocycles. The molecule has 1 unspecified atom stereocenters. The van der Waals surface area contributed by atoms with Gasteiger partial charge in [-0.05, 0) is 99.6 Å². The second kappa shape index (κ2) is 16.2. The molecular weight excluding hydrogens is 546 g/mol. The fourth-order valence-electron chi connectivity index (χ4n) is 5.76. The van der Waals surface area contributed by atoms with E-state index in [0.29, 0.717) is 24.3 Å². The normalized spacial score (nSPS) is 15.5. The van der Waals surface area contributed by atoms with Gasteiger partial charge in [0.2, 0.25) is 0 Å². The summed E-state index contributed by atoms with van der Waals surface area (Å²) >= 11 is 1.61. The van der Waals surface area contributed by atoms with Crippen molar-refractivity contribution >= 4 is 29.6 Å². The van der Waals surface area contributed by atoms with E-state index in [-0.39, 0.29) is 17.8 Å². The molecule has 0 saturated heterocycles. The quantitative estimate of drug-likeness (QED) is 0.241. The molecule has 230 valence electrons. The molecule has 0 heterocycles. The SMILES string of the molecule is COC(=O)[C@H](CCSC)NC(=O)c1ccc(CC(CCC2CCCCC2)C(=O)OC(C)(C)C)cc1-c1ccccc1C. The van der Waals surface area contributed by atoms with E-state index < -0.39 is 17.6 Å². The van der Waals surface area contributed by atoms with Crippen molar-refractivity contribution in [2.75, 3.05) is 19.1 Å². The lowest BCUT2D eigenvalue weighted by atomic mass is 9.82. The minimum Gasteiger partial charge on any atom is -0.467 e. The van der Waals surface area contributed by atoms with Crippen molar-refractivity contribution in [3.8, 4) is 11.1 Å². The molecule has 2 aromatic rings. The van der Waals surface area contributed by atoms with Crippen LogP contribution in [0.15, 0.2) is 42.5 Å². The van der Waals surface area contributed by atoms with Crippen LogP contribution in [0.5, 0.6) is 0 Å². The van der Waals surface area contributed by atoms with Gasteiger partial charge in [0.25, 0.3) is 5.91 Å². The molecule has 0 spiro atoms. The summed E-state index contributed by atoms with van der Waals surface area (Å²) in [6, 6.07) is 13.0. The van der Waals surface area contributed by atoms with Gasteiger partial charge < -0.3 is 14.8 Å². The molecule has 1 aliphatic rings. The van der Waals surface area contributed by atoms with Gasteiger partial charge in [-0.1, -0.05) is 68.5 Å². The lowest BCUT2D eigenvalue weighted by molar-refractivity contribution is -0.160. The highest BCUT2D eigenvalue weighted by Gasteiger charge is 2.28. The monoisotopic (exact) mass is 595 g/mol. The molecule has 0 aromatic heterocycles. The third kappa shape index (κ3) is 10.2. The first-order valence-corrected chi connectivity index (χ1v) is 16.7. The number of hydrogen-bond acceptors (Lipinski definition) is 6. The van der Waals surface area contributed by atoms with Gasteiger partial charge in [0.1, 0.15) is 11.6 Å². The number of carbonyl (C=O) groups is 3. The molecule has 1 fully saturated rings. The van der Waals surface area contributed by atoms with Crippen LogP contribution in [0.1, 0.15) is 93.6 Å². The zero-order chi connectivity index (χ0) is 30.7. The van der Waals surface area contributed by atoms with Crippen LogP contribution in [0, 0.1) is 18.8 Å². The number of aryl methyl sites for hydroxylation is 1. The number of methoxy groups -OCH3 is 1. The Morgan fingerprint density at radius 2 is 1.69 bits per heavy atom. The van der Waals surface area contributed by atoms with Crippen LogP contribution < -0.4 is 5.32 Å². The number of thioether (sulfide) groups is 1. The average Bonchev–Trinajstić information content (AvgIpc) is 2.96. The van der Waals surface area contributed by atoms with Gasteiger partial charge >= 0.3 is 11.9 Å². The molecule has 1 saturated carbocycles. The van der Waals surface area contributed by atoms with Gasteiger partial charge in [-0.3, -0.25) is 9.59 Å². The smallest absolute Gasteiger partial charge is 0.328 e. The Labute approximate surface area is 256 Å². The van der Waals surface area contributed by atoms with Crippen LogP contribution in [-0.4, -0.2) is 48.6 Å². The van der Waals surface area contributed by atoms with E-state index >= 15 is 0 Å². The highest BCUT2D eigenvalue weighted by molar-refractivity contribution is 7.98. The van der Waals surface area contributed by atoms with E-state index in [2.05, 4.69) is 5.32 Å². The van der Waals surface area contributed by atoms with Crippen LogP contribution in [-0.2, 0) is 25.5 Å². The zero-order valence-corrected chi connectivity index (χ0v) is 27.1. The molecule has 1 amide bonds. The summed E-state index contributed by atoms with van der Waals surface area (Å²) in [7, 11) is 1.34. The maximum absolute atomic E-state index is 13.6. The van der Waals surface area contributed by atoms with Gasteiger partial charge in [-0.25, -0.2) is 4.79 Å². The summed E-state index contributed by atoms with van der Waals surface area (Å²) in [5.41, 5.74) is 3.68. The molecule has 1 N–H and O–H groups in total. The van der Waals surface area contributed by atoms with Crippen LogP contribution in [0.2, 0.25) is 0 Å². The van der Waals surface area contributed by atoms with Gasteiger partial charge in [-0.2, -0.15) is 11.8 Å². The third-order valence-corrected chi connectivity index (χ3v) is 8.68. The highest BCUT2D eigenvalue weighted by Crippen LogP contribution is 2.32. The van der Waals surface area contributed by atoms with Crippen molar-refractivity contribution < 1.29 is 23.9 Å². The van der Waals surface area contributed by atoms with Crippen molar-refractivity contribution in [1.82, 2.24) is 5.32 Å². The van der Waals surface area contributed by atoms with E-state index in [1.54, 1.807) is 11.8 Å². The Balaban J connectivity index is 1.93. The second-order valence-electron chi connectivity index (χ2n) is 12.5. The lowest BCUT2D eigenvalue weighted by Crippen LogP contribution is -2.42. The topological polar surface area (TPSA) is 81.7 Å². The van der Waals surface area contributed by atoms with Crippen molar-refractivity contribution in [3.63, 3.8) is 0 Å². The minimum absolute atomic E-state index is 0.160. The molecule has 6 nitrogen and oxygen atoms in total. The highest BCUT2D eigenvalue weighted by atomic mass is 32.2. The number of rotatable bonds is 13. The molecule has 2 aromatic carbocycles. The number of ether oxygens (including phenoxy) is 2. The third-order valence-electron chi connectivity index (χ3n) is 8.04. The van der Waals surface area contributed by atoms with E-state index in [9.17, 15) is 14.4 Å². The number of carbonyl (C=O) groups excluding carboxylic acids is 3. The van der Waals surface area contributed by atoms with Crippen molar-refractivity contribution in [3.05, 3.63) is 59.2 Å². The van der Waals surface area contributed by atoms with Crippen molar-refractivity contribution in [2.45, 2.75) is 97.1 Å². The van der Waals surface area contributed by atoms with Gasteiger partial charge in [0, 0.05) is 5.56 Å². The van der Waals surface area contributed by atoms with Crippen LogP contribution in [0.3, 0.4) is 0 Å². The maximum atomic E-state index is 13.6. The summed E-state index contributed by atoms with van der Waals surface area (Å²) in [4.78, 5) is 39.4. The Kier molecular flexibility index (Phi) is 13.0. The first kappa shape index (κ1) is 33.7. The molecule has 0 bridgehead atoms. The molecule has 42 heavy (non-hydrogen) atoms. The van der Waals surface area contributed by atoms with E-state index in [4.69, 9.17) is 9.47 Å². The lowest BCUT2D eigenvalue weighted by Gasteiger charge is -2.27. The number of hydrogen-bond donors (Lipinski definition) is 1. The molecule has 7 heteroatoms. The summed E-state index contributed by atoms with van der Waals surface area (Å²) in [6.45, 7) is 7.75. The summed E-state index contributed by atoms with van der Waals surface area (Å²) in [5.74, 6) is 0.197. The van der Waals surface area contributed by atoms with Crippen LogP contribution >= 0.6 is 11.8 Å². The Hall–Kier alpha value is -2.80. The predicted octanol–water partition coefficient (Wildman–Crippen LogP) is 7.55. The maximum Gasteiger partial charge on any atom is 0.328 e. The van der Waals surface area contributed by atoms with E-state index in [0.717, 1.165) is 40.8 Å². The fraction of sp³-hybridized carbons (Fsp3) is 0.571. The average molecular weight is 596 g/mol. The molecule has 0 radical (unpaired) electrons. The van der Waals surface area contributed by atoms with Gasteiger partial charge in [-0.15, -0.1) is 0 Å². The van der Waals surface area contributed by atoms with Crippen LogP contribution in [0.4, 0.5) is 0 Å². The Bertz CT molecular complexity index is 1200. The van der Waals surface area contributed by atoms with Crippen molar-refractivity contribution in [2.24, 2.45) is 11.8 Å². The zero-order valence-electron chi connectivity index (χ0n) is 26.3. The molecule has 2 atom stereocenters. The van der Waals surface area contributed by atoms with Gasteiger partial charge in [0.15, 0.2) is 0 Å². The molecule has 3 rings (SSSR count). The van der Waals surface area contributed by atoms with Crippen LogP contribution in [0.25, 0.3) is 11.1 Å². The summed E-state index contributed by atoms with van der Waals surface area (Å²) in [5, 5.41) is 2.91. The second-order valence-corrected chi connectivity index (χ2v) is 13.5. The number of benzene rings is 2. The number of esters is 2. The van der Waals surface area contributed by atoms with E-state index in [1.807, 2.05) is 76.4 Å². The number of amides is 1. The Morgan fingerprint density at radius 3 is 2.33 bits per heavy atom. The number of nitrogens with one attached hydrogen (secondary N) is 1. The van der Waals surface area contributed by atoms with Gasteiger partial charge in [0.05, 0.1) is 13.0 Å². The fourth-order valence-corrected chi connectivity index (χ4v) is 6.23. The predicted molar refractivity (Wildman–Crippen MR) is 172 cm³/mol. The first-order chi connectivity index (χ1) is 20.0. The minimum atomic E-state index is -0.726. The van der Waals surface area contributed by atoms with E-state index in [1.165, 1.54) is 39.2 Å². The largest absolute Gasteiger partial charge is 0.467 e. The molecular formula is C35H49NO5S. The molecule has 1 aliphatic carbocycles. The summed E-state index contributed by atoms with van der Waals surface area (Å²) < 4.78 is 10.8. The standard InChI is InChI=1S/C35H49NO5S/c1-24-12-10-11-15-28(24)30-23-26(17-19-29(30)32(37)36-31(20-21-42-6)34(39)40-5)22-27(33(38)41-35(2,3)4)18-16-25-13-8-7-9-14-25/h10-12,15,17,19,23,25,27,31H,7-9,13-14,16,18,20-22H2,1-6H3,(H,36,37)/t27?,31-/m0/s1.